The van der Waals surface area contributed by atoms with Crippen LogP contribution >= 0.6 is 0 Å². The molecule has 0 aliphatic rings. The fourth-order valence-corrected chi connectivity index (χ4v) is 3.16. The quantitative estimate of drug-likeness (QED) is 0.752. The lowest BCUT2D eigenvalue weighted by molar-refractivity contribution is -0.0490. The van der Waals surface area contributed by atoms with E-state index in [4.69, 9.17) is 4.74 Å². The summed E-state index contributed by atoms with van der Waals surface area (Å²) < 4.78 is 5.41. The van der Waals surface area contributed by atoms with E-state index in [9.17, 15) is 5.11 Å². The largest absolute Gasteiger partial charge is 0.382 e. The van der Waals surface area contributed by atoms with Crippen molar-refractivity contribution >= 4 is 0 Å². The van der Waals surface area contributed by atoms with E-state index >= 15 is 0 Å². The number of aromatic nitrogens is 1. The number of aliphatic hydroxyl groups is 1. The molecule has 3 aromatic rings. The summed E-state index contributed by atoms with van der Waals surface area (Å²) in [5.74, 6) is -0.331. The van der Waals surface area contributed by atoms with E-state index in [2.05, 4.69) is 4.98 Å². The van der Waals surface area contributed by atoms with E-state index < -0.39 is 5.60 Å². The van der Waals surface area contributed by atoms with E-state index in [-0.39, 0.29) is 12.5 Å². The predicted molar refractivity (Wildman–Crippen MR) is 94.7 cm³/mol. The standard InChI is InChI=1S/C21H21NO2/c1-24-16-21(23,18-12-6-3-7-13-18)20(17-10-4-2-5-11-17)19-14-8-9-15-22-19/h2-15,20,23H,16H2,1H3/t20-,21-/m1/s1. The van der Waals surface area contributed by atoms with Gasteiger partial charge in [-0.15, -0.1) is 0 Å². The highest BCUT2D eigenvalue weighted by Gasteiger charge is 2.41. The Kier molecular flexibility index (Phi) is 5.04. The van der Waals surface area contributed by atoms with Gasteiger partial charge in [0.2, 0.25) is 0 Å². The van der Waals surface area contributed by atoms with Gasteiger partial charge in [0.05, 0.1) is 18.2 Å². The van der Waals surface area contributed by atoms with Crippen LogP contribution < -0.4 is 0 Å². The fourth-order valence-electron chi connectivity index (χ4n) is 3.16. The Balaban J connectivity index is 2.19. The first kappa shape index (κ1) is 16.4. The number of nitrogens with zero attached hydrogens (tertiary/aromatic N) is 1. The fraction of sp³-hybridized carbons (Fsp3) is 0.190. The van der Waals surface area contributed by atoms with Gasteiger partial charge in [-0.3, -0.25) is 4.98 Å². The molecule has 0 fully saturated rings. The summed E-state index contributed by atoms with van der Waals surface area (Å²) in [5.41, 5.74) is 1.41. The van der Waals surface area contributed by atoms with Crippen molar-refractivity contribution in [2.75, 3.05) is 13.7 Å². The molecule has 1 N–H and O–H groups in total. The molecule has 0 amide bonds. The van der Waals surface area contributed by atoms with Crippen LogP contribution in [0.3, 0.4) is 0 Å². The van der Waals surface area contributed by atoms with E-state index in [0.29, 0.717) is 0 Å². The van der Waals surface area contributed by atoms with Gasteiger partial charge < -0.3 is 9.84 Å². The van der Waals surface area contributed by atoms with Crippen LogP contribution in [0.5, 0.6) is 0 Å². The molecule has 122 valence electrons. The van der Waals surface area contributed by atoms with Crippen molar-refractivity contribution in [3.63, 3.8) is 0 Å². The van der Waals surface area contributed by atoms with Gasteiger partial charge in [0.15, 0.2) is 0 Å². The van der Waals surface area contributed by atoms with Crippen molar-refractivity contribution in [3.05, 3.63) is 102 Å². The van der Waals surface area contributed by atoms with Crippen molar-refractivity contribution in [1.29, 1.82) is 0 Å². The molecule has 3 heteroatoms. The van der Waals surface area contributed by atoms with Gasteiger partial charge in [-0.2, -0.15) is 0 Å². The molecule has 1 aromatic heterocycles. The zero-order valence-corrected chi connectivity index (χ0v) is 13.7. The molecule has 0 aliphatic heterocycles. The molecular formula is C21H21NO2. The van der Waals surface area contributed by atoms with Gasteiger partial charge in [-0.1, -0.05) is 66.7 Å². The SMILES string of the molecule is COC[C@@](O)(c1ccccc1)[C@H](c1ccccc1)c1ccccn1. The third-order valence-electron chi connectivity index (χ3n) is 4.23. The maximum Gasteiger partial charge on any atom is 0.125 e. The summed E-state index contributed by atoms with van der Waals surface area (Å²) in [6.45, 7) is 0.174. The zero-order chi connectivity index (χ0) is 16.8. The molecule has 2 aromatic carbocycles. The van der Waals surface area contributed by atoms with E-state index in [1.54, 1.807) is 13.3 Å². The van der Waals surface area contributed by atoms with Crippen LogP contribution in [0.15, 0.2) is 85.1 Å². The minimum atomic E-state index is -1.22. The molecule has 24 heavy (non-hydrogen) atoms. The molecule has 0 saturated heterocycles. The summed E-state index contributed by atoms with van der Waals surface area (Å²) in [5, 5.41) is 11.7. The Morgan fingerprint density at radius 1 is 0.917 bits per heavy atom. The molecular weight excluding hydrogens is 298 g/mol. The molecule has 0 saturated carbocycles. The van der Waals surface area contributed by atoms with Crippen LogP contribution in [0.2, 0.25) is 0 Å². The lowest BCUT2D eigenvalue weighted by Crippen LogP contribution is -2.39. The molecule has 0 spiro atoms. The summed E-state index contributed by atoms with van der Waals surface area (Å²) in [6, 6.07) is 25.4. The summed E-state index contributed by atoms with van der Waals surface area (Å²) in [7, 11) is 1.61. The second-order valence-corrected chi connectivity index (χ2v) is 5.82. The van der Waals surface area contributed by atoms with Crippen LogP contribution in [0, 0.1) is 0 Å². The number of ether oxygens (including phenoxy) is 1. The van der Waals surface area contributed by atoms with Gasteiger partial charge in [0.25, 0.3) is 0 Å². The van der Waals surface area contributed by atoms with Crippen molar-refractivity contribution in [2.24, 2.45) is 0 Å². The second kappa shape index (κ2) is 7.39. The molecule has 0 aliphatic carbocycles. The van der Waals surface area contributed by atoms with E-state index in [1.807, 2.05) is 78.9 Å². The third kappa shape index (κ3) is 3.23. The number of pyridine rings is 1. The number of hydrogen-bond acceptors (Lipinski definition) is 3. The minimum absolute atomic E-state index is 0.174. The van der Waals surface area contributed by atoms with Gasteiger partial charge >= 0.3 is 0 Å². The average molecular weight is 319 g/mol. The Bertz CT molecular complexity index is 707. The number of methoxy groups -OCH3 is 1. The van der Waals surface area contributed by atoms with E-state index in [0.717, 1.165) is 16.8 Å². The van der Waals surface area contributed by atoms with Gasteiger partial charge in [0, 0.05) is 13.3 Å². The van der Waals surface area contributed by atoms with Crippen molar-refractivity contribution < 1.29 is 9.84 Å². The smallest absolute Gasteiger partial charge is 0.125 e. The lowest BCUT2D eigenvalue weighted by atomic mass is 9.75. The first-order valence-electron chi connectivity index (χ1n) is 7.98. The molecule has 3 rings (SSSR count). The van der Waals surface area contributed by atoms with Gasteiger partial charge in [-0.05, 0) is 23.3 Å². The highest BCUT2D eigenvalue weighted by atomic mass is 16.5. The first-order chi connectivity index (χ1) is 11.8. The Hall–Kier alpha value is -2.49. The van der Waals surface area contributed by atoms with Crippen molar-refractivity contribution in [1.82, 2.24) is 4.98 Å². The topological polar surface area (TPSA) is 42.4 Å². The summed E-state index contributed by atoms with van der Waals surface area (Å²) in [6.07, 6.45) is 1.75. The Morgan fingerprint density at radius 3 is 2.12 bits per heavy atom. The minimum Gasteiger partial charge on any atom is -0.382 e. The molecule has 3 nitrogen and oxygen atoms in total. The first-order valence-corrected chi connectivity index (χ1v) is 7.98. The summed E-state index contributed by atoms with van der Waals surface area (Å²) >= 11 is 0. The highest BCUT2D eigenvalue weighted by Crippen LogP contribution is 2.41. The Labute approximate surface area is 142 Å². The summed E-state index contributed by atoms with van der Waals surface area (Å²) in [4.78, 5) is 4.51. The maximum atomic E-state index is 11.7. The average Bonchev–Trinajstić information content (AvgIpc) is 2.65. The normalized spacial score (nSPS) is 14.8. The molecule has 0 radical (unpaired) electrons. The van der Waals surface area contributed by atoms with E-state index in [1.165, 1.54) is 0 Å². The van der Waals surface area contributed by atoms with Crippen molar-refractivity contribution in [2.45, 2.75) is 11.5 Å². The maximum absolute atomic E-state index is 11.7. The molecule has 2 atom stereocenters. The predicted octanol–water partition coefficient (Wildman–Crippen LogP) is 3.75. The third-order valence-corrected chi connectivity index (χ3v) is 4.23. The van der Waals surface area contributed by atoms with Crippen LogP contribution in [0.25, 0.3) is 0 Å². The van der Waals surface area contributed by atoms with Crippen LogP contribution in [-0.4, -0.2) is 23.8 Å². The zero-order valence-electron chi connectivity index (χ0n) is 13.7. The lowest BCUT2D eigenvalue weighted by Gasteiger charge is -2.36. The van der Waals surface area contributed by atoms with Crippen LogP contribution in [0.1, 0.15) is 22.7 Å². The number of hydrogen-bond donors (Lipinski definition) is 1. The molecule has 0 bridgehead atoms. The van der Waals surface area contributed by atoms with Crippen LogP contribution in [-0.2, 0) is 10.3 Å². The highest BCUT2D eigenvalue weighted by molar-refractivity contribution is 5.38. The number of benzene rings is 2. The van der Waals surface area contributed by atoms with Crippen LogP contribution in [0.4, 0.5) is 0 Å². The second-order valence-electron chi connectivity index (χ2n) is 5.82. The monoisotopic (exact) mass is 319 g/mol. The molecule has 0 unspecified atom stereocenters. The number of rotatable bonds is 6. The van der Waals surface area contributed by atoms with Gasteiger partial charge in [-0.25, -0.2) is 0 Å². The molecule has 1 heterocycles. The Morgan fingerprint density at radius 2 is 1.54 bits per heavy atom. The van der Waals surface area contributed by atoms with Crippen molar-refractivity contribution in [3.8, 4) is 0 Å². The van der Waals surface area contributed by atoms with Gasteiger partial charge in [0.1, 0.15) is 5.60 Å².